The SMILES string of the molecule is Nc1ccc(-c2ccc(N)c(C(=O)O)c2)cc1. The third-order valence-electron chi connectivity index (χ3n) is 2.53. The molecule has 0 unspecified atom stereocenters. The van der Waals surface area contributed by atoms with E-state index in [1.54, 1.807) is 30.3 Å². The normalized spacial score (nSPS) is 10.1. The number of anilines is 2. The van der Waals surface area contributed by atoms with Gasteiger partial charge in [-0.2, -0.15) is 0 Å². The molecule has 0 amide bonds. The number of benzene rings is 2. The van der Waals surface area contributed by atoms with Gasteiger partial charge in [0.05, 0.1) is 5.56 Å². The number of nitrogens with two attached hydrogens (primary N) is 2. The average Bonchev–Trinajstić information content (AvgIpc) is 2.30. The van der Waals surface area contributed by atoms with Gasteiger partial charge < -0.3 is 16.6 Å². The second kappa shape index (κ2) is 4.17. The van der Waals surface area contributed by atoms with Crippen molar-refractivity contribution in [1.29, 1.82) is 0 Å². The molecule has 0 aliphatic rings. The van der Waals surface area contributed by atoms with Gasteiger partial charge in [0.2, 0.25) is 0 Å². The molecule has 4 nitrogen and oxygen atoms in total. The summed E-state index contributed by atoms with van der Waals surface area (Å²) in [5.74, 6) is -1.03. The van der Waals surface area contributed by atoms with Gasteiger partial charge in [0, 0.05) is 11.4 Å². The van der Waals surface area contributed by atoms with Gasteiger partial charge in [-0.05, 0) is 35.4 Å². The summed E-state index contributed by atoms with van der Waals surface area (Å²) in [4.78, 5) is 11.0. The van der Waals surface area contributed by atoms with Gasteiger partial charge in [-0.1, -0.05) is 18.2 Å². The zero-order chi connectivity index (χ0) is 12.4. The van der Waals surface area contributed by atoms with Crippen molar-refractivity contribution in [3.8, 4) is 11.1 Å². The fourth-order valence-electron chi connectivity index (χ4n) is 1.60. The van der Waals surface area contributed by atoms with Crippen molar-refractivity contribution in [3.05, 3.63) is 48.0 Å². The highest BCUT2D eigenvalue weighted by Crippen LogP contribution is 2.24. The summed E-state index contributed by atoms with van der Waals surface area (Å²) in [5.41, 5.74) is 13.9. The van der Waals surface area contributed by atoms with E-state index in [1.165, 1.54) is 0 Å². The lowest BCUT2D eigenvalue weighted by Crippen LogP contribution is -2.02. The molecule has 0 fully saturated rings. The number of carboxylic acid groups (broad SMARTS) is 1. The number of hydrogen-bond donors (Lipinski definition) is 3. The molecule has 0 aromatic heterocycles. The molecule has 0 heterocycles. The lowest BCUT2D eigenvalue weighted by atomic mass is 10.0. The fourth-order valence-corrected chi connectivity index (χ4v) is 1.60. The molecule has 2 aromatic carbocycles. The fraction of sp³-hybridized carbons (Fsp3) is 0. The van der Waals surface area contributed by atoms with Gasteiger partial charge in [0.25, 0.3) is 0 Å². The first-order valence-corrected chi connectivity index (χ1v) is 5.06. The number of hydrogen-bond acceptors (Lipinski definition) is 3. The van der Waals surface area contributed by atoms with Crippen molar-refractivity contribution in [2.45, 2.75) is 0 Å². The van der Waals surface area contributed by atoms with Crippen LogP contribution in [-0.4, -0.2) is 11.1 Å². The Morgan fingerprint density at radius 1 is 0.941 bits per heavy atom. The minimum atomic E-state index is -1.03. The van der Waals surface area contributed by atoms with Crippen LogP contribution >= 0.6 is 0 Å². The predicted molar refractivity (Wildman–Crippen MR) is 67.7 cm³/mol. The summed E-state index contributed by atoms with van der Waals surface area (Å²) in [5, 5.41) is 8.98. The van der Waals surface area contributed by atoms with E-state index in [1.807, 2.05) is 12.1 Å². The van der Waals surface area contributed by atoms with Crippen molar-refractivity contribution >= 4 is 17.3 Å². The molecular weight excluding hydrogens is 216 g/mol. The second-order valence-electron chi connectivity index (χ2n) is 3.73. The maximum atomic E-state index is 11.0. The highest BCUT2D eigenvalue weighted by molar-refractivity contribution is 5.95. The quantitative estimate of drug-likeness (QED) is 0.687. The maximum Gasteiger partial charge on any atom is 0.337 e. The van der Waals surface area contributed by atoms with Gasteiger partial charge in [-0.3, -0.25) is 0 Å². The largest absolute Gasteiger partial charge is 0.478 e. The zero-order valence-corrected chi connectivity index (χ0v) is 9.05. The number of aromatic carboxylic acids is 1. The summed E-state index contributed by atoms with van der Waals surface area (Å²) in [6.45, 7) is 0. The Labute approximate surface area is 98.5 Å². The Morgan fingerprint density at radius 2 is 1.53 bits per heavy atom. The minimum absolute atomic E-state index is 0.110. The minimum Gasteiger partial charge on any atom is -0.478 e. The maximum absolute atomic E-state index is 11.0. The van der Waals surface area contributed by atoms with Crippen LogP contribution in [0.1, 0.15) is 10.4 Å². The predicted octanol–water partition coefficient (Wildman–Crippen LogP) is 2.22. The van der Waals surface area contributed by atoms with Crippen molar-refractivity contribution in [3.63, 3.8) is 0 Å². The molecule has 0 aliphatic heterocycles. The Morgan fingerprint density at radius 3 is 2.12 bits per heavy atom. The van der Waals surface area contributed by atoms with Crippen LogP contribution in [0.15, 0.2) is 42.5 Å². The number of rotatable bonds is 2. The molecule has 0 aliphatic carbocycles. The first kappa shape index (κ1) is 11.0. The van der Waals surface area contributed by atoms with E-state index in [-0.39, 0.29) is 11.3 Å². The number of carbonyl (C=O) groups is 1. The van der Waals surface area contributed by atoms with Gasteiger partial charge in [0.1, 0.15) is 0 Å². The average molecular weight is 228 g/mol. The summed E-state index contributed by atoms with van der Waals surface area (Å²) in [6, 6.07) is 12.2. The first-order valence-electron chi connectivity index (χ1n) is 5.06. The molecule has 17 heavy (non-hydrogen) atoms. The van der Waals surface area contributed by atoms with Crippen molar-refractivity contribution < 1.29 is 9.90 Å². The van der Waals surface area contributed by atoms with E-state index in [0.717, 1.165) is 11.1 Å². The van der Waals surface area contributed by atoms with Crippen LogP contribution in [0.4, 0.5) is 11.4 Å². The third kappa shape index (κ3) is 2.20. The molecule has 4 heteroatoms. The molecule has 2 aromatic rings. The van der Waals surface area contributed by atoms with E-state index >= 15 is 0 Å². The lowest BCUT2D eigenvalue weighted by Gasteiger charge is -2.06. The zero-order valence-electron chi connectivity index (χ0n) is 9.05. The number of carboxylic acids is 1. The first-order chi connectivity index (χ1) is 8.08. The monoisotopic (exact) mass is 228 g/mol. The Balaban J connectivity index is 2.50. The molecule has 0 atom stereocenters. The summed E-state index contributed by atoms with van der Waals surface area (Å²) >= 11 is 0. The Kier molecular flexibility index (Phi) is 2.70. The van der Waals surface area contributed by atoms with Gasteiger partial charge >= 0.3 is 5.97 Å². The summed E-state index contributed by atoms with van der Waals surface area (Å²) in [7, 11) is 0. The second-order valence-corrected chi connectivity index (χ2v) is 3.73. The Bertz CT molecular complexity index is 562. The van der Waals surface area contributed by atoms with Crippen LogP contribution in [0.5, 0.6) is 0 Å². The van der Waals surface area contributed by atoms with E-state index < -0.39 is 5.97 Å². The van der Waals surface area contributed by atoms with Crippen LogP contribution in [-0.2, 0) is 0 Å². The standard InChI is InChI=1S/C13H12N2O2/c14-10-4-1-8(2-5-10)9-3-6-12(15)11(7-9)13(16)17/h1-7H,14-15H2,(H,16,17). The lowest BCUT2D eigenvalue weighted by molar-refractivity contribution is 0.0698. The van der Waals surface area contributed by atoms with Crippen LogP contribution in [0.2, 0.25) is 0 Å². The van der Waals surface area contributed by atoms with E-state index in [9.17, 15) is 4.79 Å². The molecule has 0 radical (unpaired) electrons. The van der Waals surface area contributed by atoms with E-state index in [0.29, 0.717) is 5.69 Å². The van der Waals surface area contributed by atoms with Crippen molar-refractivity contribution in [2.75, 3.05) is 11.5 Å². The summed E-state index contributed by atoms with van der Waals surface area (Å²) < 4.78 is 0. The highest BCUT2D eigenvalue weighted by atomic mass is 16.4. The van der Waals surface area contributed by atoms with Crippen molar-refractivity contribution in [1.82, 2.24) is 0 Å². The molecule has 0 saturated carbocycles. The molecule has 86 valence electrons. The smallest absolute Gasteiger partial charge is 0.337 e. The van der Waals surface area contributed by atoms with E-state index in [4.69, 9.17) is 16.6 Å². The van der Waals surface area contributed by atoms with Crippen LogP contribution in [0.3, 0.4) is 0 Å². The van der Waals surface area contributed by atoms with E-state index in [2.05, 4.69) is 0 Å². The van der Waals surface area contributed by atoms with Crippen LogP contribution in [0, 0.1) is 0 Å². The highest BCUT2D eigenvalue weighted by Gasteiger charge is 2.09. The third-order valence-corrected chi connectivity index (χ3v) is 2.53. The van der Waals surface area contributed by atoms with Crippen molar-refractivity contribution in [2.24, 2.45) is 0 Å². The molecule has 0 saturated heterocycles. The topological polar surface area (TPSA) is 89.3 Å². The molecular formula is C13H12N2O2. The molecule has 2 rings (SSSR count). The number of nitrogen functional groups attached to an aromatic ring is 2. The molecule has 0 bridgehead atoms. The Hall–Kier alpha value is -2.49. The van der Waals surface area contributed by atoms with Crippen LogP contribution < -0.4 is 11.5 Å². The summed E-state index contributed by atoms with van der Waals surface area (Å²) in [6.07, 6.45) is 0. The van der Waals surface area contributed by atoms with Crippen LogP contribution in [0.25, 0.3) is 11.1 Å². The van der Waals surface area contributed by atoms with Gasteiger partial charge in [-0.15, -0.1) is 0 Å². The van der Waals surface area contributed by atoms with Gasteiger partial charge in [-0.25, -0.2) is 4.79 Å². The molecule has 0 spiro atoms. The van der Waals surface area contributed by atoms with Gasteiger partial charge in [0.15, 0.2) is 0 Å². The molecule has 5 N–H and O–H groups in total.